The van der Waals surface area contributed by atoms with Crippen molar-refractivity contribution >= 4 is 39.6 Å². The maximum Gasteiger partial charge on any atom is 0.0467 e. The van der Waals surface area contributed by atoms with Gasteiger partial charge in [-0.15, -0.1) is 11.8 Å². The van der Waals surface area contributed by atoms with Gasteiger partial charge in [-0.3, -0.25) is 0 Å². The molecule has 9 aromatic rings. The number of benzene rings is 9. The van der Waals surface area contributed by atoms with Crippen LogP contribution in [0.15, 0.2) is 242 Å². The molecule has 2 unspecified atom stereocenters. The molecule has 2 atom stereocenters. The first-order chi connectivity index (χ1) is 29.7. The van der Waals surface area contributed by atoms with E-state index >= 15 is 0 Å². The Balaban J connectivity index is 0.985. The second kappa shape index (κ2) is 15.6. The van der Waals surface area contributed by atoms with Crippen LogP contribution in [-0.2, 0) is 0 Å². The molecule has 11 rings (SSSR count). The minimum atomic E-state index is 0.414. The molecule has 0 bridgehead atoms. The molecule has 2 heteroatoms. The normalized spacial score (nSPS) is 15.1. The van der Waals surface area contributed by atoms with Crippen LogP contribution in [0.3, 0.4) is 0 Å². The Morgan fingerprint density at radius 2 is 0.933 bits per heavy atom. The standard InChI is InChI=1S/C58H41NS/c1-3-13-40(14-4-1)45-19-11-20-50(37-45)59(49-33-27-44(28-34-49)52-23-12-18-43-17-7-8-21-51(43)52)48-31-25-41(26-32-48)46-29-35-53(42-15-5-2-6-16-42)55(38-46)47-30-36-58-56(39-47)54-22-9-10-24-57(54)60-58/h1-39,54,57H. The Bertz CT molecular complexity index is 3050. The molecule has 9 aromatic carbocycles. The number of nitrogens with zero attached hydrogens (tertiary/aromatic N) is 1. The van der Waals surface area contributed by atoms with Gasteiger partial charge in [-0.05, 0) is 127 Å². The molecule has 0 saturated heterocycles. The van der Waals surface area contributed by atoms with Crippen LogP contribution in [0.5, 0.6) is 0 Å². The molecular formula is C58H41NS. The van der Waals surface area contributed by atoms with Gasteiger partial charge in [0.15, 0.2) is 0 Å². The van der Waals surface area contributed by atoms with Gasteiger partial charge in [0, 0.05) is 33.1 Å². The zero-order chi connectivity index (χ0) is 39.8. The van der Waals surface area contributed by atoms with Gasteiger partial charge in [0.25, 0.3) is 0 Å². The minimum Gasteiger partial charge on any atom is -0.310 e. The van der Waals surface area contributed by atoms with Crippen LogP contribution in [-0.4, -0.2) is 5.25 Å². The molecule has 0 aromatic heterocycles. The average Bonchev–Trinajstić information content (AvgIpc) is 3.70. The Morgan fingerprint density at radius 3 is 1.73 bits per heavy atom. The largest absolute Gasteiger partial charge is 0.310 e. The number of allylic oxidation sites excluding steroid dienone is 3. The lowest BCUT2D eigenvalue weighted by molar-refractivity contribution is 0.881. The highest BCUT2D eigenvalue weighted by Crippen LogP contribution is 2.50. The number of fused-ring (bicyclic) bond motifs is 4. The molecule has 1 heterocycles. The summed E-state index contributed by atoms with van der Waals surface area (Å²) in [4.78, 5) is 3.76. The average molecular weight is 784 g/mol. The molecule has 2 aliphatic rings. The highest BCUT2D eigenvalue weighted by molar-refractivity contribution is 8.00. The third-order valence-corrected chi connectivity index (χ3v) is 13.4. The molecule has 1 aliphatic heterocycles. The fourth-order valence-corrected chi connectivity index (χ4v) is 10.3. The first-order valence-corrected chi connectivity index (χ1v) is 21.6. The van der Waals surface area contributed by atoms with E-state index in [0.29, 0.717) is 11.2 Å². The monoisotopic (exact) mass is 783 g/mol. The number of anilines is 3. The second-order valence-corrected chi connectivity index (χ2v) is 16.8. The van der Waals surface area contributed by atoms with E-state index in [4.69, 9.17) is 0 Å². The Kier molecular flexibility index (Phi) is 9.33. The smallest absolute Gasteiger partial charge is 0.0467 e. The van der Waals surface area contributed by atoms with Crippen LogP contribution < -0.4 is 4.90 Å². The van der Waals surface area contributed by atoms with Crippen molar-refractivity contribution in [2.45, 2.75) is 16.1 Å². The quantitative estimate of drug-likeness (QED) is 0.151. The molecule has 0 spiro atoms. The van der Waals surface area contributed by atoms with E-state index in [2.05, 4.69) is 242 Å². The van der Waals surface area contributed by atoms with Gasteiger partial charge in [0.05, 0.1) is 0 Å². The predicted molar refractivity (Wildman–Crippen MR) is 256 cm³/mol. The van der Waals surface area contributed by atoms with Crippen molar-refractivity contribution in [1.82, 2.24) is 0 Å². The molecule has 0 fully saturated rings. The summed E-state index contributed by atoms with van der Waals surface area (Å²) in [5.41, 5.74) is 16.9. The molecule has 0 radical (unpaired) electrons. The summed E-state index contributed by atoms with van der Waals surface area (Å²) in [6.45, 7) is 0. The molecule has 0 saturated carbocycles. The molecule has 0 N–H and O–H groups in total. The zero-order valence-corrected chi connectivity index (χ0v) is 33.8. The Labute approximate surface area is 356 Å². The van der Waals surface area contributed by atoms with E-state index in [0.717, 1.165) is 17.1 Å². The molecule has 284 valence electrons. The Morgan fingerprint density at radius 1 is 0.350 bits per heavy atom. The summed E-state index contributed by atoms with van der Waals surface area (Å²) in [6, 6.07) is 77.7. The van der Waals surface area contributed by atoms with Crippen molar-refractivity contribution < 1.29 is 0 Å². The summed E-state index contributed by atoms with van der Waals surface area (Å²) in [5.74, 6) is 0.414. The van der Waals surface area contributed by atoms with Crippen molar-refractivity contribution in [3.63, 3.8) is 0 Å². The van der Waals surface area contributed by atoms with Gasteiger partial charge in [0.1, 0.15) is 0 Å². The third kappa shape index (κ3) is 6.75. The van der Waals surface area contributed by atoms with Crippen molar-refractivity contribution in [3.05, 3.63) is 242 Å². The van der Waals surface area contributed by atoms with Crippen LogP contribution in [0.1, 0.15) is 11.5 Å². The van der Waals surface area contributed by atoms with Gasteiger partial charge in [0.2, 0.25) is 0 Å². The zero-order valence-electron chi connectivity index (χ0n) is 33.0. The van der Waals surface area contributed by atoms with E-state index in [9.17, 15) is 0 Å². The van der Waals surface area contributed by atoms with E-state index in [1.165, 1.54) is 76.9 Å². The molecular weight excluding hydrogens is 743 g/mol. The molecule has 60 heavy (non-hydrogen) atoms. The lowest BCUT2D eigenvalue weighted by Gasteiger charge is -2.26. The van der Waals surface area contributed by atoms with Gasteiger partial charge in [-0.2, -0.15) is 0 Å². The fraction of sp³-hybridized carbons (Fsp3) is 0.0345. The van der Waals surface area contributed by atoms with Crippen LogP contribution in [0.4, 0.5) is 17.1 Å². The minimum absolute atomic E-state index is 0.414. The van der Waals surface area contributed by atoms with Crippen molar-refractivity contribution in [2.24, 2.45) is 0 Å². The molecule has 1 aliphatic carbocycles. The van der Waals surface area contributed by atoms with Crippen molar-refractivity contribution in [2.75, 3.05) is 4.90 Å². The molecule has 0 amide bonds. The van der Waals surface area contributed by atoms with Crippen LogP contribution in [0.25, 0.3) is 66.4 Å². The highest BCUT2D eigenvalue weighted by atomic mass is 32.2. The van der Waals surface area contributed by atoms with E-state index < -0.39 is 0 Å². The summed E-state index contributed by atoms with van der Waals surface area (Å²) in [7, 11) is 0. The van der Waals surface area contributed by atoms with Crippen LogP contribution >= 0.6 is 11.8 Å². The third-order valence-electron chi connectivity index (χ3n) is 12.0. The SMILES string of the molecule is C1=CC2Sc3ccc(-c4cc(-c5ccc(N(c6ccc(-c7cccc8ccccc78)cc6)c6cccc(-c7ccccc7)c6)cc5)ccc4-c4ccccc4)cc3C2C=C1. The van der Waals surface area contributed by atoms with Gasteiger partial charge in [-0.25, -0.2) is 0 Å². The van der Waals surface area contributed by atoms with Crippen molar-refractivity contribution in [1.29, 1.82) is 0 Å². The highest BCUT2D eigenvalue weighted by Gasteiger charge is 2.31. The van der Waals surface area contributed by atoms with E-state index in [1.807, 2.05) is 11.8 Å². The second-order valence-electron chi connectivity index (χ2n) is 15.6. The van der Waals surface area contributed by atoms with E-state index in [-0.39, 0.29) is 0 Å². The first-order valence-electron chi connectivity index (χ1n) is 20.7. The number of hydrogen-bond acceptors (Lipinski definition) is 2. The first kappa shape index (κ1) is 36.0. The van der Waals surface area contributed by atoms with Gasteiger partial charge in [-0.1, -0.05) is 182 Å². The molecule has 1 nitrogen and oxygen atoms in total. The Hall–Kier alpha value is -7.13. The number of thioether (sulfide) groups is 1. The van der Waals surface area contributed by atoms with Gasteiger partial charge < -0.3 is 4.90 Å². The fourth-order valence-electron chi connectivity index (χ4n) is 9.01. The van der Waals surface area contributed by atoms with Crippen molar-refractivity contribution in [3.8, 4) is 55.6 Å². The predicted octanol–water partition coefficient (Wildman–Crippen LogP) is 16.3. The maximum atomic E-state index is 2.44. The lowest BCUT2D eigenvalue weighted by Crippen LogP contribution is -2.10. The topological polar surface area (TPSA) is 3.24 Å². The van der Waals surface area contributed by atoms with Crippen LogP contribution in [0, 0.1) is 0 Å². The number of hydrogen-bond donors (Lipinski definition) is 0. The summed E-state index contributed by atoms with van der Waals surface area (Å²) >= 11 is 1.98. The van der Waals surface area contributed by atoms with Crippen LogP contribution in [0.2, 0.25) is 0 Å². The lowest BCUT2D eigenvalue weighted by atomic mass is 9.87. The summed E-state index contributed by atoms with van der Waals surface area (Å²) in [5, 5.41) is 2.99. The maximum absolute atomic E-state index is 2.44. The van der Waals surface area contributed by atoms with E-state index in [1.54, 1.807) is 0 Å². The van der Waals surface area contributed by atoms with Gasteiger partial charge >= 0.3 is 0 Å². The summed E-state index contributed by atoms with van der Waals surface area (Å²) in [6.07, 6.45) is 9.10. The summed E-state index contributed by atoms with van der Waals surface area (Å²) < 4.78 is 0. The number of rotatable bonds is 8.